The molecule has 0 radical (unpaired) electrons. The Morgan fingerprint density at radius 2 is 2.24 bits per heavy atom. The molecule has 1 N–H and O–H groups in total. The zero-order valence-corrected chi connectivity index (χ0v) is 13.0. The van der Waals surface area contributed by atoms with Crippen LogP contribution in [0.25, 0.3) is 0 Å². The summed E-state index contributed by atoms with van der Waals surface area (Å²) in [4.78, 5) is 29.3. The summed E-state index contributed by atoms with van der Waals surface area (Å²) in [6.45, 7) is 6.60. The quantitative estimate of drug-likeness (QED) is 0.869. The average Bonchev–Trinajstić information content (AvgIpc) is 2.65. The van der Waals surface area contributed by atoms with Gasteiger partial charge in [0, 0.05) is 37.0 Å². The van der Waals surface area contributed by atoms with E-state index in [4.69, 9.17) is 16.3 Å². The van der Waals surface area contributed by atoms with Crippen LogP contribution in [-0.4, -0.2) is 40.6 Å². The summed E-state index contributed by atoms with van der Waals surface area (Å²) in [5.74, 6) is -0.0970. The van der Waals surface area contributed by atoms with E-state index in [-0.39, 0.29) is 5.91 Å². The molecular weight excluding hydrogens is 294 g/mol. The largest absolute Gasteiger partial charge is 0.444 e. The second-order valence-electron chi connectivity index (χ2n) is 5.82. The lowest BCUT2D eigenvalue weighted by molar-refractivity contribution is 0.0515. The van der Waals surface area contributed by atoms with Gasteiger partial charge in [0.05, 0.1) is 0 Å². The molecule has 0 saturated heterocycles. The maximum absolute atomic E-state index is 12.1. The summed E-state index contributed by atoms with van der Waals surface area (Å²) in [6, 6.07) is 1.57. The zero-order valence-electron chi connectivity index (χ0n) is 12.3. The van der Waals surface area contributed by atoms with Gasteiger partial charge in [0.15, 0.2) is 0 Å². The first kappa shape index (κ1) is 15.6. The van der Waals surface area contributed by atoms with Crippen molar-refractivity contribution in [1.29, 1.82) is 0 Å². The number of pyridine rings is 1. The van der Waals surface area contributed by atoms with E-state index in [0.29, 0.717) is 30.4 Å². The van der Waals surface area contributed by atoms with Gasteiger partial charge in [-0.3, -0.25) is 4.79 Å². The Kier molecular flexibility index (Phi) is 4.37. The van der Waals surface area contributed by atoms with Crippen molar-refractivity contribution < 1.29 is 14.3 Å². The summed E-state index contributed by atoms with van der Waals surface area (Å²) < 4.78 is 5.13. The van der Waals surface area contributed by atoms with Gasteiger partial charge in [-0.15, -0.1) is 0 Å². The summed E-state index contributed by atoms with van der Waals surface area (Å²) >= 11 is 5.79. The molecule has 1 aromatic heterocycles. The first-order valence-corrected chi connectivity index (χ1v) is 7.04. The predicted molar refractivity (Wildman–Crippen MR) is 78.2 cm³/mol. The number of nitrogens with zero attached hydrogens (tertiary/aromatic N) is 2. The molecule has 2 heterocycles. The van der Waals surface area contributed by atoms with Crippen molar-refractivity contribution in [2.45, 2.75) is 32.9 Å². The Labute approximate surface area is 128 Å². The fourth-order valence-electron chi connectivity index (χ4n) is 2.02. The van der Waals surface area contributed by atoms with Crippen LogP contribution in [0.1, 0.15) is 36.7 Å². The van der Waals surface area contributed by atoms with Gasteiger partial charge in [-0.05, 0) is 26.8 Å². The van der Waals surface area contributed by atoms with Crippen LogP contribution in [0.15, 0.2) is 12.3 Å². The highest BCUT2D eigenvalue weighted by atomic mass is 35.5. The highest BCUT2D eigenvalue weighted by Crippen LogP contribution is 2.23. The SMILES string of the molecule is CC(C)(C)OC(=O)NCCN1Cc2cnc(Cl)cc2C1=O. The summed E-state index contributed by atoms with van der Waals surface area (Å²) in [5.41, 5.74) is 0.889. The highest BCUT2D eigenvalue weighted by Gasteiger charge is 2.27. The molecule has 0 unspecified atom stereocenters. The number of amides is 2. The predicted octanol–water partition coefficient (Wildman–Crippen LogP) is 2.22. The summed E-state index contributed by atoms with van der Waals surface area (Å²) in [6.07, 6.45) is 1.12. The summed E-state index contributed by atoms with van der Waals surface area (Å²) in [5, 5.41) is 2.93. The Balaban J connectivity index is 1.84. The second kappa shape index (κ2) is 5.89. The van der Waals surface area contributed by atoms with E-state index >= 15 is 0 Å². The Morgan fingerprint density at radius 1 is 1.52 bits per heavy atom. The molecule has 7 heteroatoms. The molecule has 0 saturated carbocycles. The average molecular weight is 312 g/mol. The van der Waals surface area contributed by atoms with Crippen LogP contribution in [-0.2, 0) is 11.3 Å². The maximum atomic E-state index is 12.1. The van der Waals surface area contributed by atoms with Gasteiger partial charge < -0.3 is 15.0 Å². The van der Waals surface area contributed by atoms with Crippen LogP contribution in [0.3, 0.4) is 0 Å². The van der Waals surface area contributed by atoms with Crippen LogP contribution >= 0.6 is 11.6 Å². The number of hydrogen-bond donors (Lipinski definition) is 1. The first-order chi connectivity index (χ1) is 9.76. The topological polar surface area (TPSA) is 71.5 Å². The van der Waals surface area contributed by atoms with Gasteiger partial charge in [-0.2, -0.15) is 0 Å². The molecular formula is C14H18ClN3O3. The number of rotatable bonds is 3. The lowest BCUT2D eigenvalue weighted by Gasteiger charge is -2.21. The number of nitrogens with one attached hydrogen (secondary N) is 1. The minimum Gasteiger partial charge on any atom is -0.444 e. The van der Waals surface area contributed by atoms with Crippen molar-refractivity contribution in [2.24, 2.45) is 0 Å². The smallest absolute Gasteiger partial charge is 0.407 e. The van der Waals surface area contributed by atoms with E-state index in [9.17, 15) is 9.59 Å². The van der Waals surface area contributed by atoms with Crippen LogP contribution in [0, 0.1) is 0 Å². The van der Waals surface area contributed by atoms with Gasteiger partial charge >= 0.3 is 6.09 Å². The van der Waals surface area contributed by atoms with Crippen LogP contribution in [0.2, 0.25) is 5.15 Å². The molecule has 21 heavy (non-hydrogen) atoms. The van der Waals surface area contributed by atoms with E-state index in [0.717, 1.165) is 5.56 Å². The van der Waals surface area contributed by atoms with Crippen molar-refractivity contribution in [3.05, 3.63) is 28.5 Å². The Bertz CT molecular complexity index is 569. The molecule has 0 fully saturated rings. The van der Waals surface area contributed by atoms with Crippen LogP contribution in [0.5, 0.6) is 0 Å². The van der Waals surface area contributed by atoms with Crippen LogP contribution < -0.4 is 5.32 Å². The molecule has 1 aliphatic rings. The summed E-state index contributed by atoms with van der Waals surface area (Å²) in [7, 11) is 0. The molecule has 0 atom stereocenters. The molecule has 1 aliphatic heterocycles. The number of aromatic nitrogens is 1. The van der Waals surface area contributed by atoms with Gasteiger partial charge in [0.1, 0.15) is 10.8 Å². The lowest BCUT2D eigenvalue weighted by Crippen LogP contribution is -2.38. The zero-order chi connectivity index (χ0) is 15.6. The number of alkyl carbamates (subject to hydrolysis) is 1. The van der Waals surface area contributed by atoms with E-state index in [1.165, 1.54) is 0 Å². The van der Waals surface area contributed by atoms with Crippen molar-refractivity contribution >= 4 is 23.6 Å². The Hall–Kier alpha value is -1.82. The Morgan fingerprint density at radius 3 is 2.90 bits per heavy atom. The fraction of sp³-hybridized carbons (Fsp3) is 0.500. The standard InChI is InChI=1S/C14H18ClN3O3/c1-14(2,3)21-13(20)16-4-5-18-8-9-7-17-11(15)6-10(9)12(18)19/h6-7H,4-5,8H2,1-3H3,(H,16,20). The third-order valence-corrected chi connectivity index (χ3v) is 3.09. The number of carbonyl (C=O) groups is 2. The maximum Gasteiger partial charge on any atom is 0.407 e. The highest BCUT2D eigenvalue weighted by molar-refractivity contribution is 6.29. The minimum absolute atomic E-state index is 0.0970. The normalized spacial score (nSPS) is 14.1. The molecule has 114 valence electrons. The molecule has 0 bridgehead atoms. The first-order valence-electron chi connectivity index (χ1n) is 6.67. The van der Waals surface area contributed by atoms with E-state index in [2.05, 4.69) is 10.3 Å². The van der Waals surface area contributed by atoms with Gasteiger partial charge in [0.25, 0.3) is 5.91 Å². The van der Waals surface area contributed by atoms with Crippen molar-refractivity contribution in [3.8, 4) is 0 Å². The van der Waals surface area contributed by atoms with Crippen molar-refractivity contribution in [2.75, 3.05) is 13.1 Å². The number of hydrogen-bond acceptors (Lipinski definition) is 4. The van der Waals surface area contributed by atoms with E-state index in [1.54, 1.807) is 37.9 Å². The van der Waals surface area contributed by atoms with Crippen molar-refractivity contribution in [1.82, 2.24) is 15.2 Å². The van der Waals surface area contributed by atoms with Crippen molar-refractivity contribution in [3.63, 3.8) is 0 Å². The second-order valence-corrected chi connectivity index (χ2v) is 6.21. The molecule has 2 amide bonds. The lowest BCUT2D eigenvalue weighted by atomic mass is 10.2. The van der Waals surface area contributed by atoms with Gasteiger partial charge in [-0.25, -0.2) is 9.78 Å². The molecule has 6 nitrogen and oxygen atoms in total. The molecule has 1 aromatic rings. The van der Waals surface area contributed by atoms with E-state index < -0.39 is 11.7 Å². The van der Waals surface area contributed by atoms with Gasteiger partial charge in [0.2, 0.25) is 0 Å². The van der Waals surface area contributed by atoms with Crippen LogP contribution in [0.4, 0.5) is 4.79 Å². The molecule has 0 spiro atoms. The van der Waals surface area contributed by atoms with E-state index in [1.807, 2.05) is 0 Å². The fourth-order valence-corrected chi connectivity index (χ4v) is 2.18. The third-order valence-electron chi connectivity index (χ3n) is 2.88. The number of fused-ring (bicyclic) bond motifs is 1. The third kappa shape index (κ3) is 4.07. The molecule has 0 aliphatic carbocycles. The number of ether oxygens (including phenoxy) is 1. The molecule has 2 rings (SSSR count). The minimum atomic E-state index is -0.536. The monoisotopic (exact) mass is 311 g/mol. The number of halogens is 1. The number of carbonyl (C=O) groups excluding carboxylic acids is 2. The molecule has 0 aromatic carbocycles. The van der Waals surface area contributed by atoms with Gasteiger partial charge in [-0.1, -0.05) is 11.6 Å².